The Labute approximate surface area is 252 Å². The van der Waals surface area contributed by atoms with Gasteiger partial charge >= 0.3 is 12.1 Å². The van der Waals surface area contributed by atoms with Gasteiger partial charge in [-0.1, -0.05) is 49.6 Å². The number of hydroxylamine groups is 2. The summed E-state index contributed by atoms with van der Waals surface area (Å²) in [5, 5.41) is 5.90. The molecule has 1 aliphatic carbocycles. The van der Waals surface area contributed by atoms with Crippen LogP contribution in [0.25, 0.3) is 0 Å². The summed E-state index contributed by atoms with van der Waals surface area (Å²) in [6.45, 7) is 6.20. The zero-order valence-electron chi connectivity index (χ0n) is 25.4. The van der Waals surface area contributed by atoms with E-state index < -0.39 is 48.1 Å². The molecule has 3 fully saturated rings. The molecule has 0 bridgehead atoms. The van der Waals surface area contributed by atoms with Crippen molar-refractivity contribution in [3.05, 3.63) is 35.9 Å². The Kier molecular flexibility index (Phi) is 10.8. The minimum absolute atomic E-state index is 0.0323. The molecular formula is C31H45N5O7. The number of carbonyl (C=O) groups excluding carboxylic acids is 5. The number of rotatable bonds is 10. The van der Waals surface area contributed by atoms with Gasteiger partial charge in [-0.2, -0.15) is 0 Å². The molecule has 236 valence electrons. The first-order valence-corrected chi connectivity index (χ1v) is 15.3. The summed E-state index contributed by atoms with van der Waals surface area (Å²) >= 11 is 0. The number of amides is 4. The van der Waals surface area contributed by atoms with Crippen molar-refractivity contribution in [2.75, 3.05) is 19.6 Å². The van der Waals surface area contributed by atoms with E-state index in [0.29, 0.717) is 29.9 Å². The first-order valence-electron chi connectivity index (χ1n) is 15.3. The number of alkyl carbamates (subject to hydrolysis) is 1. The number of hydrogen-bond donors (Lipinski definition) is 3. The first-order chi connectivity index (χ1) is 20.4. The Bertz CT molecular complexity index is 1150. The fourth-order valence-corrected chi connectivity index (χ4v) is 6.25. The molecule has 1 saturated carbocycles. The maximum absolute atomic E-state index is 13.5. The molecule has 2 aliphatic heterocycles. The molecule has 4 amide bonds. The zero-order chi connectivity index (χ0) is 31.1. The fraction of sp³-hybridized carbons (Fsp3) is 0.645. The lowest BCUT2D eigenvalue weighted by Gasteiger charge is -2.47. The largest absolute Gasteiger partial charge is 0.443 e. The number of nitrogens with zero attached hydrogens (tertiary/aromatic N) is 2. The second-order valence-corrected chi connectivity index (χ2v) is 12.9. The molecule has 4 rings (SSSR count). The molecular weight excluding hydrogens is 554 g/mol. The summed E-state index contributed by atoms with van der Waals surface area (Å²) in [5.41, 5.74) is 7.23. The highest BCUT2D eigenvalue weighted by atomic mass is 16.7. The molecule has 12 heteroatoms. The average Bonchev–Trinajstić information content (AvgIpc) is 3.27. The van der Waals surface area contributed by atoms with Gasteiger partial charge in [-0.25, -0.2) is 9.59 Å². The van der Waals surface area contributed by atoms with Crippen LogP contribution in [0.4, 0.5) is 4.79 Å². The van der Waals surface area contributed by atoms with E-state index in [1.165, 1.54) is 6.42 Å². The molecule has 1 aromatic carbocycles. The van der Waals surface area contributed by atoms with Crippen molar-refractivity contribution in [1.29, 1.82) is 0 Å². The summed E-state index contributed by atoms with van der Waals surface area (Å²) < 4.78 is 5.81. The van der Waals surface area contributed by atoms with Gasteiger partial charge in [-0.15, -0.1) is 5.06 Å². The molecule has 2 heterocycles. The van der Waals surface area contributed by atoms with Crippen LogP contribution in [0.5, 0.6) is 0 Å². The van der Waals surface area contributed by atoms with Gasteiger partial charge in [0.15, 0.2) is 0 Å². The number of carbonyl (C=O) groups is 5. The van der Waals surface area contributed by atoms with Crippen molar-refractivity contribution in [1.82, 2.24) is 20.6 Å². The van der Waals surface area contributed by atoms with Crippen molar-refractivity contribution in [2.24, 2.45) is 17.6 Å². The lowest BCUT2D eigenvalue weighted by atomic mass is 9.72. The van der Waals surface area contributed by atoms with E-state index in [9.17, 15) is 24.0 Å². The molecule has 1 aromatic rings. The zero-order valence-corrected chi connectivity index (χ0v) is 25.4. The van der Waals surface area contributed by atoms with Crippen molar-refractivity contribution in [3.8, 4) is 0 Å². The van der Waals surface area contributed by atoms with Crippen LogP contribution >= 0.6 is 0 Å². The van der Waals surface area contributed by atoms with Crippen LogP contribution in [0.2, 0.25) is 0 Å². The summed E-state index contributed by atoms with van der Waals surface area (Å²) in [6.07, 6.45) is 3.94. The second-order valence-electron chi connectivity index (χ2n) is 12.9. The number of fused-ring (bicyclic) bond motifs is 1. The van der Waals surface area contributed by atoms with E-state index in [4.69, 9.17) is 15.3 Å². The number of piperidine rings is 1. The number of benzene rings is 1. The summed E-state index contributed by atoms with van der Waals surface area (Å²) in [7, 11) is 0. The third-order valence-corrected chi connectivity index (χ3v) is 8.34. The van der Waals surface area contributed by atoms with Gasteiger partial charge < -0.3 is 25.9 Å². The van der Waals surface area contributed by atoms with E-state index >= 15 is 0 Å². The van der Waals surface area contributed by atoms with E-state index in [0.717, 1.165) is 31.2 Å². The van der Waals surface area contributed by atoms with Gasteiger partial charge in [0.2, 0.25) is 5.91 Å². The molecule has 2 saturated heterocycles. The lowest BCUT2D eigenvalue weighted by molar-refractivity contribution is -0.196. The number of nitrogens with two attached hydrogens (primary N) is 1. The summed E-state index contributed by atoms with van der Waals surface area (Å²) in [4.78, 5) is 69.0. The van der Waals surface area contributed by atoms with Gasteiger partial charge in [0.25, 0.3) is 11.8 Å². The highest BCUT2D eigenvalue weighted by Gasteiger charge is 2.42. The van der Waals surface area contributed by atoms with Gasteiger partial charge in [0.05, 0.1) is 6.04 Å². The summed E-state index contributed by atoms with van der Waals surface area (Å²) in [5.74, 6) is -1.33. The van der Waals surface area contributed by atoms with Crippen LogP contribution in [-0.4, -0.2) is 83.1 Å². The molecule has 43 heavy (non-hydrogen) atoms. The topological polar surface area (TPSA) is 160 Å². The Morgan fingerprint density at radius 2 is 1.67 bits per heavy atom. The van der Waals surface area contributed by atoms with Crippen molar-refractivity contribution in [2.45, 2.75) is 95.9 Å². The number of imide groups is 1. The normalized spacial score (nSPS) is 24.1. The predicted molar refractivity (Wildman–Crippen MR) is 157 cm³/mol. The number of hydrogen-bond acceptors (Lipinski definition) is 9. The Balaban J connectivity index is 1.46. The Morgan fingerprint density at radius 1 is 1.02 bits per heavy atom. The van der Waals surface area contributed by atoms with Crippen LogP contribution in [0, 0.1) is 11.8 Å². The molecule has 0 aromatic heterocycles. The molecule has 5 atom stereocenters. The monoisotopic (exact) mass is 599 g/mol. The molecule has 0 spiro atoms. The second kappa shape index (κ2) is 14.3. The van der Waals surface area contributed by atoms with Gasteiger partial charge in [0, 0.05) is 37.5 Å². The SMILES string of the molecule is CC(C)(C)NC(=O)[C@@H]1C[C@@H]2CCCC[C@@H]2CN1C[C@@H](OC(=O)NCC(=O)ON1C(=O)CCC1=O)[C@@H](N)Cc1ccccc1. The highest BCUT2D eigenvalue weighted by Crippen LogP contribution is 2.39. The summed E-state index contributed by atoms with van der Waals surface area (Å²) in [6, 6.07) is 8.63. The third kappa shape index (κ3) is 9.24. The minimum atomic E-state index is -0.982. The molecule has 3 aliphatic rings. The van der Waals surface area contributed by atoms with Crippen molar-refractivity contribution in [3.63, 3.8) is 0 Å². The van der Waals surface area contributed by atoms with Crippen LogP contribution < -0.4 is 16.4 Å². The number of nitrogens with one attached hydrogen (secondary N) is 2. The van der Waals surface area contributed by atoms with Crippen LogP contribution in [0.3, 0.4) is 0 Å². The fourth-order valence-electron chi connectivity index (χ4n) is 6.25. The Morgan fingerprint density at radius 3 is 2.33 bits per heavy atom. The van der Waals surface area contributed by atoms with Crippen LogP contribution in [0.15, 0.2) is 30.3 Å². The van der Waals surface area contributed by atoms with Crippen LogP contribution in [0.1, 0.15) is 71.3 Å². The van der Waals surface area contributed by atoms with E-state index in [2.05, 4.69) is 15.5 Å². The van der Waals surface area contributed by atoms with E-state index in [1.54, 1.807) is 0 Å². The minimum Gasteiger partial charge on any atom is -0.443 e. The molecule has 12 nitrogen and oxygen atoms in total. The quantitative estimate of drug-likeness (QED) is 0.342. The molecule has 0 radical (unpaired) electrons. The van der Waals surface area contributed by atoms with E-state index in [-0.39, 0.29) is 31.3 Å². The number of ether oxygens (including phenoxy) is 1. The standard InChI is InChI=1S/C31H45N5O7/c1-31(2,3)34-29(40)24-16-21-11-7-8-12-22(21)18-35(24)19-25(23(32)15-20-9-5-4-6-10-20)42-30(41)33-17-28(39)43-36-26(37)13-14-27(36)38/h4-6,9-10,21-25H,7-8,11-19,32H2,1-3H3,(H,33,41)(H,34,40)/t21-,22+,23-,24-,25+/m0/s1. The molecule has 4 N–H and O–H groups in total. The van der Waals surface area contributed by atoms with Gasteiger partial charge in [-0.3, -0.25) is 19.3 Å². The lowest BCUT2D eigenvalue weighted by Crippen LogP contribution is -2.60. The van der Waals surface area contributed by atoms with Gasteiger partial charge in [0.1, 0.15) is 12.6 Å². The van der Waals surface area contributed by atoms with Crippen molar-refractivity contribution >= 4 is 29.8 Å². The maximum atomic E-state index is 13.5. The first kappa shape index (κ1) is 32.4. The average molecular weight is 600 g/mol. The molecule has 0 unspecified atom stereocenters. The predicted octanol–water partition coefficient (Wildman–Crippen LogP) is 2.05. The van der Waals surface area contributed by atoms with Crippen LogP contribution in [-0.2, 0) is 35.2 Å². The van der Waals surface area contributed by atoms with Gasteiger partial charge in [-0.05, 0) is 57.4 Å². The maximum Gasteiger partial charge on any atom is 0.408 e. The Hall–Kier alpha value is -3.51. The highest BCUT2D eigenvalue weighted by molar-refractivity contribution is 6.01. The third-order valence-electron chi connectivity index (χ3n) is 8.34. The smallest absolute Gasteiger partial charge is 0.408 e. The number of likely N-dealkylation sites (tertiary alicyclic amines) is 1. The van der Waals surface area contributed by atoms with Crippen molar-refractivity contribution < 1.29 is 33.5 Å². The van der Waals surface area contributed by atoms with E-state index in [1.807, 2.05) is 51.1 Å².